The number of rotatable bonds is 5. The van der Waals surface area contributed by atoms with Crippen LogP contribution < -0.4 is 10.6 Å². The second kappa shape index (κ2) is 5.49. The van der Waals surface area contributed by atoms with Crippen molar-refractivity contribution >= 4 is 27.7 Å². The summed E-state index contributed by atoms with van der Waals surface area (Å²) >= 11 is 3.35. The third-order valence-corrected chi connectivity index (χ3v) is 4.49. The minimum Gasteiger partial charge on any atom is -0.372 e. The molecule has 0 unspecified atom stereocenters. The monoisotopic (exact) mass is 325 g/mol. The van der Waals surface area contributed by atoms with E-state index < -0.39 is 0 Å². The molecule has 0 saturated heterocycles. The van der Waals surface area contributed by atoms with Crippen molar-refractivity contribution in [3.63, 3.8) is 0 Å². The highest BCUT2D eigenvalue weighted by molar-refractivity contribution is 9.10. The summed E-state index contributed by atoms with van der Waals surface area (Å²) in [6, 6.07) is 1.79. The summed E-state index contributed by atoms with van der Waals surface area (Å²) in [5, 5.41) is 5.99. The van der Waals surface area contributed by atoms with Crippen LogP contribution in [0.4, 0.5) is 5.82 Å². The van der Waals surface area contributed by atoms with Crippen molar-refractivity contribution in [2.24, 2.45) is 11.3 Å². The summed E-state index contributed by atoms with van der Waals surface area (Å²) in [5.41, 5.74) is 0.894. The molecule has 2 rings (SSSR count). The molecule has 1 aliphatic rings. The molecule has 1 fully saturated rings. The van der Waals surface area contributed by atoms with Gasteiger partial charge >= 0.3 is 0 Å². The van der Waals surface area contributed by atoms with Gasteiger partial charge in [0.15, 0.2) is 0 Å². The fourth-order valence-corrected chi connectivity index (χ4v) is 2.61. The van der Waals surface area contributed by atoms with Gasteiger partial charge in [-0.2, -0.15) is 0 Å². The number of pyridine rings is 1. The Morgan fingerprint density at radius 3 is 2.74 bits per heavy atom. The number of hydrogen-bond donors (Lipinski definition) is 2. The number of hydrogen-bond acceptors (Lipinski definition) is 3. The lowest BCUT2D eigenvalue weighted by Gasteiger charge is -2.20. The molecule has 2 N–H and O–H groups in total. The number of amides is 1. The number of nitrogens with one attached hydrogen (secondary N) is 2. The van der Waals surface area contributed by atoms with Crippen LogP contribution in [0.3, 0.4) is 0 Å². The summed E-state index contributed by atoms with van der Waals surface area (Å²) in [4.78, 5) is 16.5. The van der Waals surface area contributed by atoms with Gasteiger partial charge in [-0.1, -0.05) is 13.8 Å². The largest absolute Gasteiger partial charge is 0.372 e. The Labute approximate surface area is 122 Å². The van der Waals surface area contributed by atoms with Gasteiger partial charge in [-0.05, 0) is 46.2 Å². The molecule has 1 saturated carbocycles. The van der Waals surface area contributed by atoms with Crippen LogP contribution in [-0.4, -0.2) is 24.5 Å². The molecule has 0 aliphatic heterocycles. The van der Waals surface area contributed by atoms with Crippen molar-refractivity contribution in [2.45, 2.75) is 26.7 Å². The Hall–Kier alpha value is -1.10. The van der Waals surface area contributed by atoms with Crippen molar-refractivity contribution in [1.29, 1.82) is 0 Å². The SMILES string of the molecule is CNc1ncc(Br)cc1C(=O)NCC1(C(C)C)CC1. The standard InChI is InChI=1S/C14H20BrN3O/c1-9(2)14(4-5-14)8-18-13(19)11-6-10(15)7-17-12(11)16-3/h6-7,9H,4-5,8H2,1-3H3,(H,16,17)(H,18,19). The van der Waals surface area contributed by atoms with E-state index in [0.29, 0.717) is 22.7 Å². The summed E-state index contributed by atoms with van der Waals surface area (Å²) < 4.78 is 0.807. The lowest BCUT2D eigenvalue weighted by Crippen LogP contribution is -2.33. The van der Waals surface area contributed by atoms with E-state index in [0.717, 1.165) is 11.0 Å². The second-order valence-electron chi connectivity index (χ2n) is 5.50. The minimum absolute atomic E-state index is 0.0647. The summed E-state index contributed by atoms with van der Waals surface area (Å²) in [6.07, 6.45) is 4.10. The molecule has 19 heavy (non-hydrogen) atoms. The van der Waals surface area contributed by atoms with E-state index in [1.165, 1.54) is 12.8 Å². The van der Waals surface area contributed by atoms with Gasteiger partial charge in [0, 0.05) is 24.3 Å². The van der Waals surface area contributed by atoms with Crippen LogP contribution in [0.2, 0.25) is 0 Å². The van der Waals surface area contributed by atoms with Crippen molar-refractivity contribution in [3.05, 3.63) is 22.3 Å². The van der Waals surface area contributed by atoms with E-state index in [1.54, 1.807) is 19.3 Å². The molecule has 0 spiro atoms. The zero-order valence-corrected chi connectivity index (χ0v) is 13.2. The van der Waals surface area contributed by atoms with Crippen LogP contribution in [0, 0.1) is 11.3 Å². The van der Waals surface area contributed by atoms with Gasteiger partial charge in [-0.25, -0.2) is 4.98 Å². The Kier molecular flexibility index (Phi) is 4.13. The lowest BCUT2D eigenvalue weighted by molar-refractivity contribution is 0.0940. The number of carbonyl (C=O) groups is 1. The van der Waals surface area contributed by atoms with Crippen molar-refractivity contribution in [1.82, 2.24) is 10.3 Å². The predicted octanol–water partition coefficient (Wildman–Crippen LogP) is 3.05. The Balaban J connectivity index is 2.06. The van der Waals surface area contributed by atoms with E-state index in [-0.39, 0.29) is 5.91 Å². The molecule has 0 radical (unpaired) electrons. The van der Waals surface area contributed by atoms with Gasteiger partial charge in [0.1, 0.15) is 5.82 Å². The number of nitrogens with zero attached hydrogens (tertiary/aromatic N) is 1. The van der Waals surface area contributed by atoms with Gasteiger partial charge in [0.2, 0.25) is 0 Å². The van der Waals surface area contributed by atoms with Gasteiger partial charge < -0.3 is 10.6 Å². The van der Waals surface area contributed by atoms with Crippen LogP contribution in [0.25, 0.3) is 0 Å². The van der Waals surface area contributed by atoms with Gasteiger partial charge in [0.25, 0.3) is 5.91 Å². The Bertz CT molecular complexity index is 484. The lowest BCUT2D eigenvalue weighted by atomic mass is 9.92. The smallest absolute Gasteiger partial charge is 0.255 e. The van der Waals surface area contributed by atoms with Gasteiger partial charge in [0.05, 0.1) is 5.56 Å². The topological polar surface area (TPSA) is 54.0 Å². The number of aromatic nitrogens is 1. The molecule has 0 bridgehead atoms. The quantitative estimate of drug-likeness (QED) is 0.874. The maximum absolute atomic E-state index is 12.3. The van der Waals surface area contributed by atoms with Gasteiger partial charge in [-0.3, -0.25) is 4.79 Å². The van der Waals surface area contributed by atoms with E-state index in [1.807, 2.05) is 0 Å². The third kappa shape index (κ3) is 3.08. The molecule has 0 atom stereocenters. The van der Waals surface area contributed by atoms with Crippen molar-refractivity contribution < 1.29 is 4.79 Å². The van der Waals surface area contributed by atoms with Crippen LogP contribution in [0.1, 0.15) is 37.0 Å². The molecule has 1 heterocycles. The molecule has 0 aromatic carbocycles. The van der Waals surface area contributed by atoms with Crippen LogP contribution in [0.5, 0.6) is 0 Å². The summed E-state index contributed by atoms with van der Waals surface area (Å²) in [7, 11) is 1.77. The normalized spacial score (nSPS) is 16.3. The summed E-state index contributed by atoms with van der Waals surface area (Å²) in [5.74, 6) is 1.15. The maximum atomic E-state index is 12.3. The first-order chi connectivity index (χ1) is 8.98. The molecule has 1 aliphatic carbocycles. The summed E-state index contributed by atoms with van der Waals surface area (Å²) in [6.45, 7) is 5.19. The van der Waals surface area contributed by atoms with Crippen molar-refractivity contribution in [3.8, 4) is 0 Å². The second-order valence-corrected chi connectivity index (χ2v) is 6.42. The third-order valence-electron chi connectivity index (χ3n) is 4.05. The molecule has 104 valence electrons. The van der Waals surface area contributed by atoms with Crippen LogP contribution in [-0.2, 0) is 0 Å². The Morgan fingerprint density at radius 2 is 2.21 bits per heavy atom. The minimum atomic E-state index is -0.0647. The van der Waals surface area contributed by atoms with Crippen LogP contribution in [0.15, 0.2) is 16.7 Å². The highest BCUT2D eigenvalue weighted by Gasteiger charge is 2.45. The molecule has 1 amide bonds. The van der Waals surface area contributed by atoms with E-state index in [2.05, 4.69) is 45.4 Å². The molecular weight excluding hydrogens is 306 g/mol. The molecule has 1 aromatic rings. The van der Waals surface area contributed by atoms with E-state index in [4.69, 9.17) is 0 Å². The van der Waals surface area contributed by atoms with Gasteiger partial charge in [-0.15, -0.1) is 0 Å². The fraction of sp³-hybridized carbons (Fsp3) is 0.571. The number of anilines is 1. The molecule has 5 heteroatoms. The number of halogens is 1. The molecule has 1 aromatic heterocycles. The maximum Gasteiger partial charge on any atom is 0.255 e. The predicted molar refractivity (Wildman–Crippen MR) is 80.3 cm³/mol. The first-order valence-corrected chi connectivity index (χ1v) is 7.39. The highest BCUT2D eigenvalue weighted by Crippen LogP contribution is 2.51. The zero-order valence-electron chi connectivity index (χ0n) is 11.6. The average molecular weight is 326 g/mol. The van der Waals surface area contributed by atoms with E-state index in [9.17, 15) is 4.79 Å². The van der Waals surface area contributed by atoms with Crippen LogP contribution >= 0.6 is 15.9 Å². The highest BCUT2D eigenvalue weighted by atomic mass is 79.9. The average Bonchev–Trinajstić information content (AvgIpc) is 3.17. The Morgan fingerprint density at radius 1 is 1.53 bits per heavy atom. The first kappa shape index (κ1) is 14.3. The fourth-order valence-electron chi connectivity index (χ4n) is 2.28. The number of carbonyl (C=O) groups excluding carboxylic acids is 1. The molecule has 4 nitrogen and oxygen atoms in total. The van der Waals surface area contributed by atoms with Crippen molar-refractivity contribution in [2.75, 3.05) is 18.9 Å². The molecular formula is C14H20BrN3O. The van der Waals surface area contributed by atoms with E-state index >= 15 is 0 Å². The zero-order chi connectivity index (χ0) is 14.0. The first-order valence-electron chi connectivity index (χ1n) is 6.60.